The molecule has 2 aromatic carbocycles. The van der Waals surface area contributed by atoms with Crippen molar-refractivity contribution in [2.45, 2.75) is 45.6 Å². The summed E-state index contributed by atoms with van der Waals surface area (Å²) >= 11 is 0. The number of hydrogen-bond acceptors (Lipinski definition) is 5. The first-order valence-corrected chi connectivity index (χ1v) is 11.4. The Morgan fingerprint density at radius 3 is 2.59 bits per heavy atom. The van der Waals surface area contributed by atoms with Crippen molar-refractivity contribution in [3.63, 3.8) is 0 Å². The Labute approximate surface area is 195 Å². The standard InChI is InChI=1S/C27H25NO6/c1-15-18(10-11-23(29)28-12-6-9-22(28)26(30)31)27(32)34-25-16(2)24-20(13-19(15)25)21(14-33-24)17-7-4-3-5-8-17/h3-5,7-8,13-14,22H,6,9-12H2,1-2H3,(H,30,31). The second kappa shape index (κ2) is 8.48. The second-order valence-corrected chi connectivity index (χ2v) is 8.85. The van der Waals surface area contributed by atoms with Gasteiger partial charge in [0.25, 0.3) is 0 Å². The molecule has 0 radical (unpaired) electrons. The van der Waals surface area contributed by atoms with E-state index in [-0.39, 0.29) is 18.7 Å². The van der Waals surface area contributed by atoms with E-state index in [2.05, 4.69) is 0 Å². The molecule has 0 aliphatic carbocycles. The Bertz CT molecular complexity index is 1480. The number of carboxylic acids is 1. The topological polar surface area (TPSA) is 101 Å². The maximum atomic E-state index is 12.9. The zero-order valence-corrected chi connectivity index (χ0v) is 19.1. The van der Waals surface area contributed by atoms with Gasteiger partial charge in [-0.15, -0.1) is 0 Å². The lowest BCUT2D eigenvalue weighted by Crippen LogP contribution is -2.40. The third kappa shape index (κ3) is 3.57. The minimum atomic E-state index is -0.985. The number of furan rings is 1. The van der Waals surface area contributed by atoms with Crippen LogP contribution in [0, 0.1) is 13.8 Å². The highest BCUT2D eigenvalue weighted by Crippen LogP contribution is 2.37. The van der Waals surface area contributed by atoms with Gasteiger partial charge in [0.1, 0.15) is 17.2 Å². The SMILES string of the molecule is Cc1c(CCC(=O)N2CCCC2C(=O)O)c(=O)oc2c(C)c3occ(-c4ccccc4)c3cc12. The highest BCUT2D eigenvalue weighted by molar-refractivity contribution is 6.05. The summed E-state index contributed by atoms with van der Waals surface area (Å²) in [6.07, 6.45) is 3.10. The molecule has 174 valence electrons. The predicted octanol–water partition coefficient (Wildman–Crippen LogP) is 4.83. The van der Waals surface area contributed by atoms with Crippen molar-refractivity contribution in [3.8, 4) is 11.1 Å². The molecule has 1 amide bonds. The number of aryl methyl sites for hydroxylation is 2. The number of amides is 1. The minimum Gasteiger partial charge on any atom is -0.480 e. The van der Waals surface area contributed by atoms with Crippen LogP contribution in [0.15, 0.2) is 56.3 Å². The van der Waals surface area contributed by atoms with Gasteiger partial charge in [-0.25, -0.2) is 9.59 Å². The first-order valence-electron chi connectivity index (χ1n) is 11.4. The molecule has 1 aliphatic rings. The van der Waals surface area contributed by atoms with Crippen molar-refractivity contribution in [3.05, 3.63) is 69.8 Å². The molecular weight excluding hydrogens is 434 g/mol. The van der Waals surface area contributed by atoms with Gasteiger partial charge in [-0.3, -0.25) is 4.79 Å². The molecule has 2 aromatic heterocycles. The van der Waals surface area contributed by atoms with E-state index in [1.807, 2.05) is 50.2 Å². The van der Waals surface area contributed by atoms with Crippen LogP contribution < -0.4 is 5.63 Å². The third-order valence-corrected chi connectivity index (χ3v) is 6.87. The monoisotopic (exact) mass is 459 g/mol. The first-order chi connectivity index (χ1) is 16.4. The lowest BCUT2D eigenvalue weighted by atomic mass is 9.96. The predicted molar refractivity (Wildman–Crippen MR) is 128 cm³/mol. The summed E-state index contributed by atoms with van der Waals surface area (Å²) in [6.45, 7) is 4.16. The summed E-state index contributed by atoms with van der Waals surface area (Å²) in [7, 11) is 0. The number of carboxylic acid groups (broad SMARTS) is 1. The number of hydrogen-bond donors (Lipinski definition) is 1. The number of benzene rings is 2. The van der Waals surface area contributed by atoms with Gasteiger partial charge in [0.05, 0.1) is 6.26 Å². The molecule has 1 unspecified atom stereocenters. The van der Waals surface area contributed by atoms with E-state index in [0.29, 0.717) is 36.1 Å². The molecule has 1 aliphatic heterocycles. The van der Waals surface area contributed by atoms with Gasteiger partial charge in [0.2, 0.25) is 5.91 Å². The zero-order chi connectivity index (χ0) is 24.0. The molecule has 34 heavy (non-hydrogen) atoms. The van der Waals surface area contributed by atoms with E-state index in [1.165, 1.54) is 4.90 Å². The fourth-order valence-electron chi connectivity index (χ4n) is 5.02. The van der Waals surface area contributed by atoms with Gasteiger partial charge >= 0.3 is 11.6 Å². The number of rotatable bonds is 5. The van der Waals surface area contributed by atoms with E-state index >= 15 is 0 Å². The molecule has 7 nitrogen and oxygen atoms in total. The molecule has 0 saturated carbocycles. The van der Waals surface area contributed by atoms with Crippen molar-refractivity contribution >= 4 is 33.8 Å². The summed E-state index contributed by atoms with van der Waals surface area (Å²) in [5.74, 6) is -1.24. The molecule has 1 N–H and O–H groups in total. The van der Waals surface area contributed by atoms with Crippen LogP contribution in [0.2, 0.25) is 0 Å². The average molecular weight is 459 g/mol. The van der Waals surface area contributed by atoms with Gasteiger partial charge < -0.3 is 18.8 Å². The van der Waals surface area contributed by atoms with Gasteiger partial charge in [-0.2, -0.15) is 0 Å². The van der Waals surface area contributed by atoms with Crippen molar-refractivity contribution < 1.29 is 23.5 Å². The summed E-state index contributed by atoms with van der Waals surface area (Å²) in [5, 5.41) is 11.1. The fraction of sp³-hybridized carbons (Fsp3) is 0.296. The van der Waals surface area contributed by atoms with Crippen LogP contribution in [-0.4, -0.2) is 34.5 Å². The van der Waals surface area contributed by atoms with Crippen molar-refractivity contribution in [2.75, 3.05) is 6.54 Å². The maximum Gasteiger partial charge on any atom is 0.339 e. The highest BCUT2D eigenvalue weighted by Gasteiger charge is 2.33. The molecule has 7 heteroatoms. The summed E-state index contributed by atoms with van der Waals surface area (Å²) in [5.41, 5.74) is 4.60. The molecule has 0 bridgehead atoms. The average Bonchev–Trinajstić information content (AvgIpc) is 3.48. The summed E-state index contributed by atoms with van der Waals surface area (Å²) in [6, 6.07) is 11.1. The van der Waals surface area contributed by atoms with Crippen LogP contribution in [0.5, 0.6) is 0 Å². The number of carbonyl (C=O) groups is 2. The van der Waals surface area contributed by atoms with Gasteiger partial charge in [-0.05, 0) is 50.3 Å². The van der Waals surface area contributed by atoms with E-state index < -0.39 is 17.6 Å². The van der Waals surface area contributed by atoms with Gasteiger partial charge in [0, 0.05) is 40.4 Å². The van der Waals surface area contributed by atoms with Crippen LogP contribution in [-0.2, 0) is 16.0 Å². The molecule has 0 spiro atoms. The quantitative estimate of drug-likeness (QED) is 0.429. The number of aliphatic carboxylic acids is 1. The molecular formula is C27H25NO6. The number of likely N-dealkylation sites (tertiary alicyclic amines) is 1. The summed E-state index contributed by atoms with van der Waals surface area (Å²) < 4.78 is 11.6. The Morgan fingerprint density at radius 2 is 1.85 bits per heavy atom. The maximum absolute atomic E-state index is 12.9. The first kappa shape index (κ1) is 21.9. The van der Waals surface area contributed by atoms with E-state index in [1.54, 1.807) is 6.26 Å². The summed E-state index contributed by atoms with van der Waals surface area (Å²) in [4.78, 5) is 38.4. The van der Waals surface area contributed by atoms with Crippen LogP contribution in [0.4, 0.5) is 0 Å². The zero-order valence-electron chi connectivity index (χ0n) is 19.1. The number of carbonyl (C=O) groups excluding carboxylic acids is 1. The molecule has 4 aromatic rings. The van der Waals surface area contributed by atoms with Crippen LogP contribution >= 0.6 is 0 Å². The van der Waals surface area contributed by atoms with E-state index in [9.17, 15) is 19.5 Å². The molecule has 1 fully saturated rings. The molecule has 3 heterocycles. The minimum absolute atomic E-state index is 0.0586. The lowest BCUT2D eigenvalue weighted by Gasteiger charge is -2.21. The van der Waals surface area contributed by atoms with E-state index in [0.717, 1.165) is 33.0 Å². The highest BCUT2D eigenvalue weighted by atomic mass is 16.4. The molecule has 5 rings (SSSR count). The van der Waals surface area contributed by atoms with Crippen molar-refractivity contribution in [1.29, 1.82) is 0 Å². The van der Waals surface area contributed by atoms with E-state index in [4.69, 9.17) is 8.83 Å². The van der Waals surface area contributed by atoms with Crippen LogP contribution in [0.25, 0.3) is 33.1 Å². The second-order valence-electron chi connectivity index (χ2n) is 8.85. The number of nitrogens with zero attached hydrogens (tertiary/aromatic N) is 1. The third-order valence-electron chi connectivity index (χ3n) is 6.87. The lowest BCUT2D eigenvalue weighted by molar-refractivity contribution is -0.148. The Hall–Kier alpha value is -3.87. The van der Waals surface area contributed by atoms with Crippen molar-refractivity contribution in [2.24, 2.45) is 0 Å². The number of fused-ring (bicyclic) bond motifs is 2. The van der Waals surface area contributed by atoms with Gasteiger partial charge in [-0.1, -0.05) is 30.3 Å². The normalized spacial score (nSPS) is 15.9. The van der Waals surface area contributed by atoms with Gasteiger partial charge in [0.15, 0.2) is 0 Å². The molecule has 1 atom stereocenters. The Morgan fingerprint density at radius 1 is 1.09 bits per heavy atom. The molecule has 1 saturated heterocycles. The Balaban J connectivity index is 1.53. The van der Waals surface area contributed by atoms with Crippen LogP contribution in [0.1, 0.15) is 36.0 Å². The van der Waals surface area contributed by atoms with Crippen molar-refractivity contribution in [1.82, 2.24) is 4.90 Å². The fourth-order valence-corrected chi connectivity index (χ4v) is 5.02. The Kier molecular flexibility index (Phi) is 5.48. The van der Waals surface area contributed by atoms with Crippen LogP contribution in [0.3, 0.4) is 0 Å². The largest absolute Gasteiger partial charge is 0.480 e. The smallest absolute Gasteiger partial charge is 0.339 e.